The minimum absolute atomic E-state index is 0.527. The molecule has 1 spiro atoms. The Balaban J connectivity index is 1.19. The number of para-hydroxylation sites is 1. The Bertz CT molecular complexity index is 3030. The maximum Gasteiger partial charge on any atom is 0.145 e. The molecule has 2 heteroatoms. The van der Waals surface area contributed by atoms with Gasteiger partial charge in [-0.2, -0.15) is 0 Å². The molecule has 2 nitrogen and oxygen atoms in total. The third kappa shape index (κ3) is 4.53. The SMILES string of the molecule is c1ccc(-c2ccc(N(c3ccc(-c4ccccc4)cc3)c3cc4c(c5oc6ccccc6c35)-c3ccccc3C43c4ccccc4-c4ccccc43)cc2)cc1. The zero-order valence-electron chi connectivity index (χ0n) is 31.1. The first kappa shape index (κ1) is 31.9. The normalized spacial score (nSPS) is 13.1. The average molecular weight is 726 g/mol. The van der Waals surface area contributed by atoms with Gasteiger partial charge in [-0.1, -0.05) is 176 Å². The highest BCUT2D eigenvalue weighted by Gasteiger charge is 2.53. The predicted octanol–water partition coefficient (Wildman–Crippen LogP) is 14.7. The summed E-state index contributed by atoms with van der Waals surface area (Å²) in [7, 11) is 0. The van der Waals surface area contributed by atoms with Crippen molar-refractivity contribution in [3.8, 4) is 44.5 Å². The minimum atomic E-state index is -0.527. The molecule has 0 saturated carbocycles. The van der Waals surface area contributed by atoms with Crippen molar-refractivity contribution in [2.75, 3.05) is 4.90 Å². The molecule has 9 aromatic carbocycles. The number of fused-ring (bicyclic) bond motifs is 14. The second-order valence-electron chi connectivity index (χ2n) is 15.2. The molecule has 0 atom stereocenters. The van der Waals surface area contributed by atoms with E-state index >= 15 is 0 Å². The molecule has 10 aromatic rings. The maximum atomic E-state index is 7.12. The molecule has 0 N–H and O–H groups in total. The predicted molar refractivity (Wildman–Crippen MR) is 236 cm³/mol. The highest BCUT2D eigenvalue weighted by atomic mass is 16.3. The molecular weight excluding hydrogens is 691 g/mol. The van der Waals surface area contributed by atoms with E-state index in [9.17, 15) is 0 Å². The van der Waals surface area contributed by atoms with Gasteiger partial charge >= 0.3 is 0 Å². The average Bonchev–Trinajstić information content (AvgIpc) is 3.92. The zero-order valence-corrected chi connectivity index (χ0v) is 31.1. The monoisotopic (exact) mass is 725 g/mol. The topological polar surface area (TPSA) is 16.4 Å². The van der Waals surface area contributed by atoms with Crippen LogP contribution in [0.5, 0.6) is 0 Å². The summed E-state index contributed by atoms with van der Waals surface area (Å²) in [5, 5.41) is 2.21. The van der Waals surface area contributed by atoms with Crippen LogP contribution in [0.1, 0.15) is 22.3 Å². The van der Waals surface area contributed by atoms with Crippen LogP contribution in [0.3, 0.4) is 0 Å². The molecule has 0 fully saturated rings. The van der Waals surface area contributed by atoms with Crippen molar-refractivity contribution in [2.45, 2.75) is 5.41 Å². The lowest BCUT2D eigenvalue weighted by Gasteiger charge is -2.32. The van der Waals surface area contributed by atoms with E-state index in [0.717, 1.165) is 39.0 Å². The summed E-state index contributed by atoms with van der Waals surface area (Å²) in [6.07, 6.45) is 0. The van der Waals surface area contributed by atoms with E-state index in [1.54, 1.807) is 0 Å². The van der Waals surface area contributed by atoms with Crippen molar-refractivity contribution >= 4 is 39.0 Å². The maximum absolute atomic E-state index is 7.12. The van der Waals surface area contributed by atoms with Crippen LogP contribution in [-0.4, -0.2) is 0 Å². The van der Waals surface area contributed by atoms with Gasteiger partial charge in [-0.15, -0.1) is 0 Å². The smallest absolute Gasteiger partial charge is 0.145 e. The summed E-state index contributed by atoms with van der Waals surface area (Å²) < 4.78 is 7.12. The number of furan rings is 1. The lowest BCUT2D eigenvalue weighted by atomic mass is 9.70. The lowest BCUT2D eigenvalue weighted by molar-refractivity contribution is 0.669. The molecule has 12 rings (SSSR count). The van der Waals surface area contributed by atoms with E-state index in [1.807, 2.05) is 0 Å². The van der Waals surface area contributed by atoms with Gasteiger partial charge in [0.1, 0.15) is 11.2 Å². The fourth-order valence-corrected chi connectivity index (χ4v) is 9.90. The number of hydrogen-bond acceptors (Lipinski definition) is 2. The van der Waals surface area contributed by atoms with Gasteiger partial charge in [-0.05, 0) is 97.6 Å². The number of benzene rings is 9. The summed E-state index contributed by atoms with van der Waals surface area (Å²) in [4.78, 5) is 2.44. The van der Waals surface area contributed by atoms with Gasteiger partial charge in [0, 0.05) is 22.3 Å². The molecule has 57 heavy (non-hydrogen) atoms. The first-order valence-corrected chi connectivity index (χ1v) is 19.7. The number of anilines is 3. The molecule has 0 amide bonds. The third-order valence-electron chi connectivity index (χ3n) is 12.3. The minimum Gasteiger partial charge on any atom is -0.455 e. The largest absolute Gasteiger partial charge is 0.455 e. The van der Waals surface area contributed by atoms with Crippen LogP contribution in [-0.2, 0) is 5.41 Å². The van der Waals surface area contributed by atoms with Gasteiger partial charge in [-0.3, -0.25) is 0 Å². The third-order valence-corrected chi connectivity index (χ3v) is 12.3. The summed E-state index contributed by atoms with van der Waals surface area (Å²) in [6.45, 7) is 0. The van der Waals surface area contributed by atoms with E-state index in [4.69, 9.17) is 4.42 Å². The van der Waals surface area contributed by atoms with Crippen LogP contribution in [0.4, 0.5) is 17.1 Å². The fraction of sp³-hybridized carbons (Fsp3) is 0.0182. The fourth-order valence-electron chi connectivity index (χ4n) is 9.90. The zero-order chi connectivity index (χ0) is 37.5. The summed E-state index contributed by atoms with van der Waals surface area (Å²) in [5.74, 6) is 0. The molecule has 0 unspecified atom stereocenters. The molecule has 1 heterocycles. The summed E-state index contributed by atoms with van der Waals surface area (Å²) in [5.41, 5.74) is 19.4. The Morgan fingerprint density at radius 3 is 1.37 bits per heavy atom. The van der Waals surface area contributed by atoms with Crippen molar-refractivity contribution in [3.05, 3.63) is 235 Å². The second-order valence-corrected chi connectivity index (χ2v) is 15.2. The van der Waals surface area contributed by atoms with Gasteiger partial charge in [0.25, 0.3) is 0 Å². The van der Waals surface area contributed by atoms with Gasteiger partial charge in [-0.25, -0.2) is 0 Å². The van der Waals surface area contributed by atoms with Crippen LogP contribution in [0.25, 0.3) is 66.4 Å². The van der Waals surface area contributed by atoms with Crippen molar-refractivity contribution in [1.82, 2.24) is 0 Å². The van der Waals surface area contributed by atoms with Gasteiger partial charge in [0.2, 0.25) is 0 Å². The van der Waals surface area contributed by atoms with E-state index in [1.165, 1.54) is 66.8 Å². The van der Waals surface area contributed by atoms with Gasteiger partial charge in [0.15, 0.2) is 0 Å². The number of rotatable bonds is 5. The first-order chi connectivity index (χ1) is 28.3. The first-order valence-electron chi connectivity index (χ1n) is 19.7. The Morgan fingerprint density at radius 2 is 0.807 bits per heavy atom. The van der Waals surface area contributed by atoms with Crippen molar-refractivity contribution in [1.29, 1.82) is 0 Å². The summed E-state index contributed by atoms with van der Waals surface area (Å²) in [6, 6.07) is 77.3. The Morgan fingerprint density at radius 1 is 0.368 bits per heavy atom. The Hall–Kier alpha value is -7.42. The van der Waals surface area contributed by atoms with Gasteiger partial charge in [0.05, 0.1) is 16.5 Å². The van der Waals surface area contributed by atoms with Crippen LogP contribution in [0, 0.1) is 0 Å². The van der Waals surface area contributed by atoms with E-state index in [2.05, 4.69) is 217 Å². The van der Waals surface area contributed by atoms with E-state index in [-0.39, 0.29) is 0 Å². The number of hydrogen-bond donors (Lipinski definition) is 0. The molecule has 0 bridgehead atoms. The molecular formula is C55H35NO. The highest BCUT2D eigenvalue weighted by molar-refractivity contribution is 6.19. The van der Waals surface area contributed by atoms with E-state index < -0.39 is 5.41 Å². The molecule has 1 aromatic heterocycles. The van der Waals surface area contributed by atoms with Crippen LogP contribution < -0.4 is 4.90 Å². The quantitative estimate of drug-likeness (QED) is 0.176. The Labute approximate surface area is 331 Å². The summed E-state index contributed by atoms with van der Waals surface area (Å²) >= 11 is 0. The molecule has 0 aliphatic heterocycles. The highest BCUT2D eigenvalue weighted by Crippen LogP contribution is 2.65. The van der Waals surface area contributed by atoms with Crippen molar-refractivity contribution in [2.24, 2.45) is 0 Å². The second kappa shape index (κ2) is 12.3. The molecule has 266 valence electrons. The molecule has 2 aliphatic carbocycles. The number of nitrogens with zero attached hydrogens (tertiary/aromatic N) is 1. The molecule has 2 aliphatic rings. The van der Waals surface area contributed by atoms with Crippen LogP contribution >= 0.6 is 0 Å². The van der Waals surface area contributed by atoms with Crippen LogP contribution in [0.15, 0.2) is 217 Å². The van der Waals surface area contributed by atoms with Crippen molar-refractivity contribution < 1.29 is 4.42 Å². The Kier molecular flexibility index (Phi) is 6.88. The van der Waals surface area contributed by atoms with E-state index in [0.29, 0.717) is 0 Å². The standard InChI is InChI=1S/C55H35NO/c1-3-15-36(16-4-1)38-27-31-40(32-28-38)56(41-33-29-39(30-34-41)37-17-5-2-6-18-37)50-35-49-52(54-53(50)45-22-10-14-26-51(45)57-54)44-21-9-13-25-48(44)55(49)46-23-11-7-19-42(46)43-20-8-12-24-47(43)55/h1-35H. The lowest BCUT2D eigenvalue weighted by Crippen LogP contribution is -2.26. The molecule has 0 radical (unpaired) electrons. The van der Waals surface area contributed by atoms with Crippen molar-refractivity contribution in [3.63, 3.8) is 0 Å². The van der Waals surface area contributed by atoms with Crippen LogP contribution in [0.2, 0.25) is 0 Å². The van der Waals surface area contributed by atoms with Gasteiger partial charge < -0.3 is 9.32 Å². The molecule has 0 saturated heterocycles.